The number of nitrogens with zero attached hydrogens (tertiary/aromatic N) is 2. The molecule has 0 aliphatic rings. The third kappa shape index (κ3) is 5.02. The fraction of sp³-hybridized carbons (Fsp3) is 0.545. The van der Waals surface area contributed by atoms with Gasteiger partial charge in [0.05, 0.1) is 13.0 Å². The molecule has 0 atom stereocenters. The van der Waals surface area contributed by atoms with Gasteiger partial charge in [-0.05, 0) is 25.0 Å². The van der Waals surface area contributed by atoms with Crippen LogP contribution in [0.2, 0.25) is 5.15 Å². The van der Waals surface area contributed by atoms with E-state index in [0.717, 1.165) is 0 Å². The lowest BCUT2D eigenvalue weighted by atomic mass is 10.2. The van der Waals surface area contributed by atoms with Crippen LogP contribution in [0.1, 0.15) is 24.0 Å². The Balaban J connectivity index is 2.54. The number of aromatic nitrogens is 2. The number of rotatable bonds is 5. The summed E-state index contributed by atoms with van der Waals surface area (Å²) in [6, 6.07) is 0. The minimum absolute atomic E-state index is 0.216. The van der Waals surface area contributed by atoms with Crippen LogP contribution < -0.4 is 5.32 Å². The second-order valence-corrected chi connectivity index (χ2v) is 4.45. The highest BCUT2D eigenvalue weighted by atomic mass is 35.5. The van der Waals surface area contributed by atoms with Crippen molar-refractivity contribution in [2.45, 2.75) is 32.9 Å². The molecule has 0 aliphatic heterocycles. The van der Waals surface area contributed by atoms with Crippen molar-refractivity contribution >= 4 is 23.2 Å². The summed E-state index contributed by atoms with van der Waals surface area (Å²) in [4.78, 5) is 11.3. The molecule has 0 unspecified atom stereocenters. The van der Waals surface area contributed by atoms with Crippen molar-refractivity contribution < 1.29 is 18.0 Å². The summed E-state index contributed by atoms with van der Waals surface area (Å²) in [5, 5.41) is 10.3. The number of hydrogen-bond donors (Lipinski definition) is 1. The van der Waals surface area contributed by atoms with Gasteiger partial charge >= 0.3 is 6.18 Å². The number of Topliss-reactive ketones (excluding diaryl/α,β-unsaturated/α-hetero) is 1. The van der Waals surface area contributed by atoms with E-state index in [-0.39, 0.29) is 11.7 Å². The number of alkyl halides is 3. The van der Waals surface area contributed by atoms with E-state index in [9.17, 15) is 18.0 Å². The molecule has 4 nitrogen and oxygen atoms in total. The topological polar surface area (TPSA) is 54.9 Å². The van der Waals surface area contributed by atoms with Gasteiger partial charge in [0.2, 0.25) is 0 Å². The van der Waals surface area contributed by atoms with E-state index < -0.39 is 24.8 Å². The molecule has 0 aliphatic carbocycles. The predicted octanol–water partition coefficient (Wildman–Crippen LogP) is 3.07. The molecule has 1 N–H and O–H groups in total. The molecule has 0 aromatic carbocycles. The van der Waals surface area contributed by atoms with E-state index >= 15 is 0 Å². The number of nitrogens with one attached hydrogen (secondary N) is 1. The Morgan fingerprint density at radius 2 is 1.89 bits per heavy atom. The first-order chi connectivity index (χ1) is 8.70. The molecule has 0 amide bonds. The third-order valence-corrected chi connectivity index (χ3v) is 2.96. The molecule has 0 saturated heterocycles. The van der Waals surface area contributed by atoms with Gasteiger partial charge in [-0.15, -0.1) is 10.2 Å². The maximum Gasteiger partial charge on any atom is 0.389 e. The van der Waals surface area contributed by atoms with Crippen molar-refractivity contribution in [2.24, 2.45) is 0 Å². The second kappa shape index (κ2) is 6.18. The van der Waals surface area contributed by atoms with Crippen LogP contribution in [0.25, 0.3) is 0 Å². The molecule has 1 aromatic heterocycles. The Hall–Kier alpha value is -1.37. The van der Waals surface area contributed by atoms with Gasteiger partial charge < -0.3 is 5.32 Å². The van der Waals surface area contributed by atoms with Gasteiger partial charge in [0.25, 0.3) is 0 Å². The highest BCUT2D eigenvalue weighted by Gasteiger charge is 2.27. The second-order valence-electron chi connectivity index (χ2n) is 4.10. The first kappa shape index (κ1) is 15.7. The van der Waals surface area contributed by atoms with Gasteiger partial charge in [0.15, 0.2) is 16.8 Å². The standard InChI is InChI=1S/C11H13ClF3N3O/c1-6-7(2)10(18-17-9(6)12)16-5-8(19)3-4-11(13,14)15/h3-5H2,1-2H3,(H,16,18). The molecule has 0 spiro atoms. The zero-order valence-electron chi connectivity index (χ0n) is 10.4. The number of carbonyl (C=O) groups is 1. The van der Waals surface area contributed by atoms with E-state index in [0.29, 0.717) is 16.9 Å². The Morgan fingerprint density at radius 1 is 1.26 bits per heavy atom. The summed E-state index contributed by atoms with van der Waals surface area (Å²) in [7, 11) is 0. The summed E-state index contributed by atoms with van der Waals surface area (Å²) in [5.41, 5.74) is 1.42. The normalized spacial score (nSPS) is 11.5. The van der Waals surface area contributed by atoms with Crippen LogP contribution in [0.4, 0.5) is 19.0 Å². The van der Waals surface area contributed by atoms with Gasteiger partial charge in [-0.2, -0.15) is 13.2 Å². The van der Waals surface area contributed by atoms with E-state index in [1.807, 2.05) is 0 Å². The van der Waals surface area contributed by atoms with E-state index in [1.165, 1.54) is 0 Å². The van der Waals surface area contributed by atoms with Crippen LogP contribution in [-0.4, -0.2) is 28.7 Å². The number of halogens is 4. The Kier molecular flexibility index (Phi) is 5.11. The molecule has 0 bridgehead atoms. The van der Waals surface area contributed by atoms with Crippen LogP contribution in [0.15, 0.2) is 0 Å². The lowest BCUT2D eigenvalue weighted by Gasteiger charge is -2.10. The lowest BCUT2D eigenvalue weighted by molar-refractivity contribution is -0.142. The van der Waals surface area contributed by atoms with E-state index in [1.54, 1.807) is 13.8 Å². The van der Waals surface area contributed by atoms with Crippen molar-refractivity contribution in [1.82, 2.24) is 10.2 Å². The average molecular weight is 296 g/mol. The first-order valence-electron chi connectivity index (χ1n) is 5.52. The van der Waals surface area contributed by atoms with Crippen LogP contribution >= 0.6 is 11.6 Å². The highest BCUT2D eigenvalue weighted by molar-refractivity contribution is 6.30. The minimum atomic E-state index is -4.32. The van der Waals surface area contributed by atoms with Crippen molar-refractivity contribution in [3.05, 3.63) is 16.3 Å². The molecule has 1 aromatic rings. The van der Waals surface area contributed by atoms with Gasteiger partial charge in [-0.25, -0.2) is 0 Å². The third-order valence-electron chi connectivity index (χ3n) is 2.61. The minimum Gasteiger partial charge on any atom is -0.361 e. The zero-order chi connectivity index (χ0) is 14.6. The quantitative estimate of drug-likeness (QED) is 0.907. The van der Waals surface area contributed by atoms with Crippen LogP contribution in [0, 0.1) is 13.8 Å². The van der Waals surface area contributed by atoms with E-state index in [2.05, 4.69) is 15.5 Å². The SMILES string of the molecule is Cc1c(Cl)nnc(NCC(=O)CCC(F)(F)F)c1C. The van der Waals surface area contributed by atoms with Crippen molar-refractivity contribution in [2.75, 3.05) is 11.9 Å². The monoisotopic (exact) mass is 295 g/mol. The Morgan fingerprint density at radius 3 is 2.47 bits per heavy atom. The maximum atomic E-state index is 11.9. The molecular formula is C11H13ClF3N3O. The fourth-order valence-corrected chi connectivity index (χ4v) is 1.48. The van der Waals surface area contributed by atoms with E-state index in [4.69, 9.17) is 11.6 Å². The summed E-state index contributed by atoms with van der Waals surface area (Å²) >= 11 is 5.76. The largest absolute Gasteiger partial charge is 0.389 e. The van der Waals surface area contributed by atoms with Crippen molar-refractivity contribution in [1.29, 1.82) is 0 Å². The molecular weight excluding hydrogens is 283 g/mol. The summed E-state index contributed by atoms with van der Waals surface area (Å²) < 4.78 is 35.8. The molecule has 8 heteroatoms. The van der Waals surface area contributed by atoms with Gasteiger partial charge in [0.1, 0.15) is 0 Å². The number of carbonyl (C=O) groups excluding carboxylic acids is 1. The lowest BCUT2D eigenvalue weighted by Crippen LogP contribution is -2.18. The smallest absolute Gasteiger partial charge is 0.361 e. The predicted molar refractivity (Wildman–Crippen MR) is 65.3 cm³/mol. The Labute approximate surface area is 113 Å². The molecule has 19 heavy (non-hydrogen) atoms. The van der Waals surface area contributed by atoms with Crippen molar-refractivity contribution in [3.8, 4) is 0 Å². The van der Waals surface area contributed by atoms with Gasteiger partial charge in [0, 0.05) is 6.42 Å². The summed E-state index contributed by atoms with van der Waals surface area (Å²) in [5.74, 6) is -0.187. The molecule has 0 saturated carbocycles. The molecule has 106 valence electrons. The first-order valence-corrected chi connectivity index (χ1v) is 5.90. The molecule has 1 heterocycles. The molecule has 1 rings (SSSR count). The van der Waals surface area contributed by atoms with Gasteiger partial charge in [-0.1, -0.05) is 11.6 Å². The summed E-state index contributed by atoms with van der Waals surface area (Å²) in [6.07, 6.45) is -5.98. The zero-order valence-corrected chi connectivity index (χ0v) is 11.2. The summed E-state index contributed by atoms with van der Waals surface area (Å²) in [6.45, 7) is 3.26. The highest BCUT2D eigenvalue weighted by Crippen LogP contribution is 2.22. The average Bonchev–Trinajstić information content (AvgIpc) is 2.32. The van der Waals surface area contributed by atoms with Crippen molar-refractivity contribution in [3.63, 3.8) is 0 Å². The van der Waals surface area contributed by atoms with Crippen LogP contribution in [0.3, 0.4) is 0 Å². The molecule has 0 fully saturated rings. The number of hydrogen-bond acceptors (Lipinski definition) is 4. The number of ketones is 1. The fourth-order valence-electron chi connectivity index (χ4n) is 1.30. The number of anilines is 1. The van der Waals surface area contributed by atoms with Gasteiger partial charge in [-0.3, -0.25) is 4.79 Å². The maximum absolute atomic E-state index is 11.9. The Bertz CT molecular complexity index is 477. The molecule has 0 radical (unpaired) electrons. The van der Waals surface area contributed by atoms with Crippen LogP contribution in [-0.2, 0) is 4.79 Å². The van der Waals surface area contributed by atoms with Crippen LogP contribution in [0.5, 0.6) is 0 Å².